The summed E-state index contributed by atoms with van der Waals surface area (Å²) in [5.41, 5.74) is 1.30. The van der Waals surface area contributed by atoms with Crippen molar-refractivity contribution in [1.29, 1.82) is 0 Å². The van der Waals surface area contributed by atoms with Gasteiger partial charge in [0.15, 0.2) is 11.5 Å². The Morgan fingerprint density at radius 2 is 1.65 bits per heavy atom. The van der Waals surface area contributed by atoms with E-state index in [1.54, 1.807) is 24.3 Å². The maximum atomic E-state index is 12.8. The summed E-state index contributed by atoms with van der Waals surface area (Å²) < 4.78 is 15.9. The minimum Gasteiger partial charge on any atom is -0.493 e. The first-order valence-electron chi connectivity index (χ1n) is 9.12. The number of carbonyl (C=O) groups excluding carboxylic acids is 1. The molecule has 0 spiro atoms. The van der Waals surface area contributed by atoms with Gasteiger partial charge in [0.25, 0.3) is 11.6 Å². The quantitative estimate of drug-likeness (QED) is 0.444. The van der Waals surface area contributed by atoms with Crippen molar-refractivity contribution in [2.24, 2.45) is 0 Å². The molecule has 1 aromatic heterocycles. The zero-order valence-electron chi connectivity index (χ0n) is 17.3. The van der Waals surface area contributed by atoms with Crippen LogP contribution in [0.1, 0.15) is 21.7 Å². The monoisotopic (exact) mass is 424 g/mol. The van der Waals surface area contributed by atoms with Crippen LogP contribution in [-0.2, 0) is 0 Å². The number of hydrogen-bond donors (Lipinski definition) is 1. The second-order valence-electron chi connectivity index (χ2n) is 6.50. The van der Waals surface area contributed by atoms with E-state index >= 15 is 0 Å². The molecule has 0 bridgehead atoms. The molecule has 0 atom stereocenters. The Hall–Kier alpha value is -4.21. The molecule has 31 heavy (non-hydrogen) atoms. The first-order chi connectivity index (χ1) is 14.8. The topological polar surface area (TPSA) is 126 Å². The molecule has 1 amide bonds. The number of benzene rings is 2. The number of nitrogens with one attached hydrogen (secondary N) is 1. The highest BCUT2D eigenvalue weighted by atomic mass is 16.6. The van der Waals surface area contributed by atoms with Crippen LogP contribution in [0.2, 0.25) is 0 Å². The lowest BCUT2D eigenvalue weighted by atomic mass is 10.1. The third-order valence-electron chi connectivity index (χ3n) is 4.21. The Bertz CT molecular complexity index is 1130. The normalized spacial score (nSPS) is 10.3. The van der Waals surface area contributed by atoms with E-state index in [1.807, 2.05) is 19.9 Å². The van der Waals surface area contributed by atoms with Gasteiger partial charge >= 0.3 is 6.01 Å². The van der Waals surface area contributed by atoms with E-state index < -0.39 is 16.5 Å². The number of aromatic nitrogens is 2. The number of rotatable bonds is 7. The Kier molecular flexibility index (Phi) is 6.29. The maximum absolute atomic E-state index is 12.8. The highest BCUT2D eigenvalue weighted by Crippen LogP contribution is 2.35. The summed E-state index contributed by atoms with van der Waals surface area (Å²) in [4.78, 5) is 32.0. The lowest BCUT2D eigenvalue weighted by molar-refractivity contribution is -0.385. The Balaban J connectivity index is 1.87. The van der Waals surface area contributed by atoms with Gasteiger partial charge in [-0.25, -0.2) is 9.97 Å². The van der Waals surface area contributed by atoms with Crippen LogP contribution in [0.25, 0.3) is 0 Å². The lowest BCUT2D eigenvalue weighted by Crippen LogP contribution is -2.14. The number of nitro groups is 1. The molecule has 0 saturated carbocycles. The molecular formula is C21H20N4O6. The average Bonchev–Trinajstić information content (AvgIpc) is 2.72. The molecule has 3 aromatic rings. The number of ether oxygens (including phenoxy) is 3. The highest BCUT2D eigenvalue weighted by Gasteiger charge is 2.24. The Labute approximate surface area is 178 Å². The first-order valence-corrected chi connectivity index (χ1v) is 9.12. The van der Waals surface area contributed by atoms with Gasteiger partial charge in [0, 0.05) is 29.2 Å². The van der Waals surface area contributed by atoms with E-state index in [2.05, 4.69) is 15.3 Å². The number of carbonyl (C=O) groups is 1. The molecule has 160 valence electrons. The minimum absolute atomic E-state index is 0.148. The van der Waals surface area contributed by atoms with Gasteiger partial charge in [-0.2, -0.15) is 0 Å². The van der Waals surface area contributed by atoms with Crippen molar-refractivity contribution < 1.29 is 23.9 Å². The van der Waals surface area contributed by atoms with Crippen LogP contribution < -0.4 is 19.5 Å². The number of nitro benzene ring substituents is 1. The molecule has 3 rings (SSSR count). The molecule has 1 N–H and O–H groups in total. The predicted octanol–water partition coefficient (Wildman–Crippen LogP) is 4.06. The zero-order chi connectivity index (χ0) is 22.5. The van der Waals surface area contributed by atoms with Crippen LogP contribution in [0, 0.1) is 24.0 Å². The molecule has 1 heterocycles. The van der Waals surface area contributed by atoms with Crippen molar-refractivity contribution in [3.05, 3.63) is 69.5 Å². The predicted molar refractivity (Wildman–Crippen MR) is 112 cm³/mol. The SMILES string of the molecule is COc1cc(C(=O)Nc2cccc(Oc3nc(C)cc(C)n3)c2)c([N+](=O)[O-])cc1OC. The van der Waals surface area contributed by atoms with E-state index in [1.165, 1.54) is 20.3 Å². The summed E-state index contributed by atoms with van der Waals surface area (Å²) in [6.07, 6.45) is 0. The Morgan fingerprint density at radius 3 is 2.26 bits per heavy atom. The third kappa shape index (κ3) is 5.04. The van der Waals surface area contributed by atoms with Crippen molar-refractivity contribution in [3.63, 3.8) is 0 Å². The van der Waals surface area contributed by atoms with Gasteiger partial charge in [0.2, 0.25) is 0 Å². The van der Waals surface area contributed by atoms with Crippen LogP contribution >= 0.6 is 0 Å². The van der Waals surface area contributed by atoms with Crippen LogP contribution in [0.4, 0.5) is 11.4 Å². The number of methoxy groups -OCH3 is 2. The van der Waals surface area contributed by atoms with Crippen molar-refractivity contribution in [1.82, 2.24) is 9.97 Å². The number of hydrogen-bond acceptors (Lipinski definition) is 8. The molecule has 10 nitrogen and oxygen atoms in total. The van der Waals surface area contributed by atoms with Crippen LogP contribution in [0.3, 0.4) is 0 Å². The number of nitrogens with zero attached hydrogens (tertiary/aromatic N) is 3. The van der Waals surface area contributed by atoms with E-state index in [-0.39, 0.29) is 23.1 Å². The summed E-state index contributed by atoms with van der Waals surface area (Å²) in [5, 5.41) is 14.1. The summed E-state index contributed by atoms with van der Waals surface area (Å²) in [5.74, 6) is 0.0500. The summed E-state index contributed by atoms with van der Waals surface area (Å²) in [6.45, 7) is 3.66. The molecule has 0 aliphatic rings. The highest BCUT2D eigenvalue weighted by molar-refractivity contribution is 6.07. The second-order valence-corrected chi connectivity index (χ2v) is 6.50. The molecule has 0 aliphatic carbocycles. The lowest BCUT2D eigenvalue weighted by Gasteiger charge is -2.11. The van der Waals surface area contributed by atoms with E-state index in [9.17, 15) is 14.9 Å². The molecular weight excluding hydrogens is 404 g/mol. The molecule has 0 saturated heterocycles. The smallest absolute Gasteiger partial charge is 0.322 e. The minimum atomic E-state index is -0.688. The van der Waals surface area contributed by atoms with Crippen LogP contribution in [0.15, 0.2) is 42.5 Å². The van der Waals surface area contributed by atoms with Gasteiger partial charge in [-0.1, -0.05) is 6.07 Å². The summed E-state index contributed by atoms with van der Waals surface area (Å²) in [6, 6.07) is 10.9. The van der Waals surface area contributed by atoms with Gasteiger partial charge in [0.1, 0.15) is 11.3 Å². The fourth-order valence-corrected chi connectivity index (χ4v) is 2.88. The molecule has 0 aliphatic heterocycles. The van der Waals surface area contributed by atoms with Gasteiger partial charge in [-0.15, -0.1) is 0 Å². The van der Waals surface area contributed by atoms with Crippen LogP contribution in [0.5, 0.6) is 23.3 Å². The number of amides is 1. The van der Waals surface area contributed by atoms with E-state index in [4.69, 9.17) is 14.2 Å². The van der Waals surface area contributed by atoms with Gasteiger partial charge in [0.05, 0.1) is 25.2 Å². The van der Waals surface area contributed by atoms with Gasteiger partial charge in [-0.05, 0) is 32.0 Å². The number of aryl methyl sites for hydroxylation is 2. The van der Waals surface area contributed by atoms with Gasteiger partial charge in [-0.3, -0.25) is 14.9 Å². The van der Waals surface area contributed by atoms with Crippen molar-refractivity contribution in [2.75, 3.05) is 19.5 Å². The standard InChI is InChI=1S/C21H20N4O6/c1-12-8-13(2)23-21(22-12)31-15-7-5-6-14(9-15)24-20(26)16-10-18(29-3)19(30-4)11-17(16)25(27)28/h5-11H,1-4H3,(H,24,26). The van der Waals surface area contributed by atoms with Gasteiger partial charge < -0.3 is 19.5 Å². The number of anilines is 1. The summed E-state index contributed by atoms with van der Waals surface area (Å²) in [7, 11) is 2.73. The first kappa shape index (κ1) is 21.5. The Morgan fingerprint density at radius 1 is 1.00 bits per heavy atom. The van der Waals surface area contributed by atoms with Crippen molar-refractivity contribution >= 4 is 17.3 Å². The average molecular weight is 424 g/mol. The summed E-state index contributed by atoms with van der Waals surface area (Å²) >= 11 is 0. The molecule has 10 heteroatoms. The molecule has 0 radical (unpaired) electrons. The molecule has 0 unspecified atom stereocenters. The van der Waals surface area contributed by atoms with Crippen LogP contribution in [-0.4, -0.2) is 35.0 Å². The fraction of sp³-hybridized carbons (Fsp3) is 0.190. The fourth-order valence-electron chi connectivity index (χ4n) is 2.88. The van der Waals surface area contributed by atoms with Crippen molar-refractivity contribution in [3.8, 4) is 23.3 Å². The molecule has 0 fully saturated rings. The van der Waals surface area contributed by atoms with Crippen molar-refractivity contribution in [2.45, 2.75) is 13.8 Å². The third-order valence-corrected chi connectivity index (χ3v) is 4.21. The van der Waals surface area contributed by atoms with E-state index in [0.29, 0.717) is 11.4 Å². The molecule has 2 aromatic carbocycles. The second kappa shape index (κ2) is 9.08. The van der Waals surface area contributed by atoms with E-state index in [0.717, 1.165) is 17.5 Å². The maximum Gasteiger partial charge on any atom is 0.322 e. The largest absolute Gasteiger partial charge is 0.493 e. The zero-order valence-corrected chi connectivity index (χ0v) is 17.3.